The number of nitrogens with zero attached hydrogens (tertiary/aromatic N) is 2. The molecular weight excluding hydrogens is 397 g/mol. The molecule has 1 aromatic rings. The highest BCUT2D eigenvalue weighted by Crippen LogP contribution is 2.31. The summed E-state index contributed by atoms with van der Waals surface area (Å²) in [6.07, 6.45) is -0.592. The van der Waals surface area contributed by atoms with Gasteiger partial charge < -0.3 is 25.4 Å². The van der Waals surface area contributed by atoms with E-state index in [2.05, 4.69) is 20.5 Å². The molecule has 0 spiro atoms. The number of nitrogens with one attached hydrogen (secondary N) is 2. The second-order valence-electron chi connectivity index (χ2n) is 7.90. The predicted molar refractivity (Wildman–Crippen MR) is 110 cm³/mol. The Balaban J connectivity index is 1.44. The van der Waals surface area contributed by atoms with E-state index in [1.807, 2.05) is 6.92 Å². The molecule has 1 aliphatic heterocycles. The standard InChI is InChI=1S/C21H31F3N4O2/c1-2-25-20(27-16-8-10-28(11-9-16)17-6-7-17)26-13-18(29)14-30-19-5-3-4-15(12-19)21(22,23)24/h3-5,12,16-18,29H,2,6-11,13-14H2,1H3,(H2,25,26,27). The molecule has 3 rings (SSSR count). The summed E-state index contributed by atoms with van der Waals surface area (Å²) in [7, 11) is 0. The number of guanidine groups is 1. The molecule has 9 heteroatoms. The van der Waals surface area contributed by atoms with Crippen LogP contribution in [0.2, 0.25) is 0 Å². The summed E-state index contributed by atoms with van der Waals surface area (Å²) in [6.45, 7) is 4.81. The minimum absolute atomic E-state index is 0.0697. The van der Waals surface area contributed by atoms with E-state index in [1.165, 1.54) is 25.0 Å². The summed E-state index contributed by atoms with van der Waals surface area (Å²) in [5.74, 6) is 0.709. The molecule has 1 aromatic carbocycles. The van der Waals surface area contributed by atoms with Crippen molar-refractivity contribution in [1.82, 2.24) is 15.5 Å². The van der Waals surface area contributed by atoms with Gasteiger partial charge in [-0.1, -0.05) is 6.07 Å². The van der Waals surface area contributed by atoms with E-state index in [4.69, 9.17) is 4.74 Å². The Morgan fingerprint density at radius 3 is 2.63 bits per heavy atom. The third-order valence-electron chi connectivity index (χ3n) is 5.34. The molecule has 1 atom stereocenters. The number of hydrogen-bond donors (Lipinski definition) is 3. The monoisotopic (exact) mass is 428 g/mol. The number of likely N-dealkylation sites (tertiary alicyclic amines) is 1. The first-order valence-corrected chi connectivity index (χ1v) is 10.6. The van der Waals surface area contributed by atoms with Gasteiger partial charge in [-0.25, -0.2) is 0 Å². The summed E-state index contributed by atoms with van der Waals surface area (Å²) in [5.41, 5.74) is -0.779. The van der Waals surface area contributed by atoms with Crippen LogP contribution >= 0.6 is 0 Å². The highest BCUT2D eigenvalue weighted by atomic mass is 19.4. The Labute approximate surface area is 175 Å². The normalized spacial score (nSPS) is 20.1. The zero-order chi connectivity index (χ0) is 21.6. The van der Waals surface area contributed by atoms with Crippen molar-refractivity contribution in [2.24, 2.45) is 4.99 Å². The van der Waals surface area contributed by atoms with Gasteiger partial charge in [0.1, 0.15) is 18.5 Å². The van der Waals surface area contributed by atoms with Crippen LogP contribution in [-0.4, -0.2) is 66.9 Å². The SMILES string of the molecule is CCNC(=NCC(O)COc1cccc(C(F)(F)F)c1)NC1CCN(C2CC2)CC1. The van der Waals surface area contributed by atoms with E-state index in [9.17, 15) is 18.3 Å². The molecule has 30 heavy (non-hydrogen) atoms. The average Bonchev–Trinajstić information content (AvgIpc) is 3.56. The molecule has 0 aromatic heterocycles. The molecule has 3 N–H and O–H groups in total. The van der Waals surface area contributed by atoms with E-state index in [1.54, 1.807) is 0 Å². The Hall–Kier alpha value is -2.00. The zero-order valence-corrected chi connectivity index (χ0v) is 17.3. The summed E-state index contributed by atoms with van der Waals surface area (Å²) in [6, 6.07) is 5.76. The van der Waals surface area contributed by atoms with Crippen LogP contribution in [-0.2, 0) is 6.18 Å². The molecule has 0 bridgehead atoms. The average molecular weight is 428 g/mol. The second kappa shape index (κ2) is 10.3. The number of halogens is 3. The third kappa shape index (κ3) is 7.05. The highest BCUT2D eigenvalue weighted by molar-refractivity contribution is 5.80. The number of piperidine rings is 1. The lowest BCUT2D eigenvalue weighted by Gasteiger charge is -2.33. The summed E-state index contributed by atoms with van der Waals surface area (Å²) in [5, 5.41) is 16.8. The molecule has 168 valence electrons. The van der Waals surface area contributed by atoms with Crippen molar-refractivity contribution in [3.05, 3.63) is 29.8 Å². The van der Waals surface area contributed by atoms with Crippen LogP contribution in [0, 0.1) is 0 Å². The Morgan fingerprint density at radius 1 is 1.27 bits per heavy atom. The maximum Gasteiger partial charge on any atom is 0.416 e. The first-order chi connectivity index (χ1) is 14.3. The summed E-state index contributed by atoms with van der Waals surface area (Å²) < 4.78 is 43.6. The van der Waals surface area contributed by atoms with Crippen LogP contribution in [0.1, 0.15) is 38.2 Å². The quantitative estimate of drug-likeness (QED) is 0.439. The lowest BCUT2D eigenvalue weighted by atomic mass is 10.1. The van der Waals surface area contributed by atoms with Crippen molar-refractivity contribution >= 4 is 5.96 Å². The molecule has 2 aliphatic rings. The number of aliphatic hydroxyl groups excluding tert-OH is 1. The van der Waals surface area contributed by atoms with Crippen LogP contribution in [0.15, 0.2) is 29.3 Å². The minimum Gasteiger partial charge on any atom is -0.491 e. The molecule has 1 heterocycles. The molecule has 0 amide bonds. The fraction of sp³-hybridized carbons (Fsp3) is 0.667. The van der Waals surface area contributed by atoms with Crippen LogP contribution in [0.25, 0.3) is 0 Å². The molecule has 0 radical (unpaired) electrons. The van der Waals surface area contributed by atoms with Crippen molar-refractivity contribution in [2.45, 2.75) is 57.0 Å². The van der Waals surface area contributed by atoms with Gasteiger partial charge in [0.2, 0.25) is 0 Å². The fourth-order valence-corrected chi connectivity index (χ4v) is 3.57. The van der Waals surface area contributed by atoms with Crippen LogP contribution in [0.3, 0.4) is 0 Å². The van der Waals surface area contributed by atoms with E-state index >= 15 is 0 Å². The molecule has 1 aliphatic carbocycles. The lowest BCUT2D eigenvalue weighted by Crippen LogP contribution is -2.49. The van der Waals surface area contributed by atoms with Crippen LogP contribution in [0.5, 0.6) is 5.75 Å². The number of aliphatic imine (C=N–C) groups is 1. The number of aliphatic hydroxyl groups is 1. The molecule has 1 unspecified atom stereocenters. The van der Waals surface area contributed by atoms with Gasteiger partial charge >= 0.3 is 6.18 Å². The van der Waals surface area contributed by atoms with E-state index in [0.717, 1.165) is 44.1 Å². The van der Waals surface area contributed by atoms with Crippen molar-refractivity contribution in [1.29, 1.82) is 0 Å². The Morgan fingerprint density at radius 2 is 2.00 bits per heavy atom. The summed E-state index contributed by atoms with van der Waals surface area (Å²) in [4.78, 5) is 6.97. The number of rotatable bonds is 8. The van der Waals surface area contributed by atoms with Crippen LogP contribution < -0.4 is 15.4 Å². The van der Waals surface area contributed by atoms with E-state index in [0.29, 0.717) is 18.5 Å². The Kier molecular flexibility index (Phi) is 7.82. The van der Waals surface area contributed by atoms with Crippen molar-refractivity contribution in [3.8, 4) is 5.75 Å². The van der Waals surface area contributed by atoms with Crippen molar-refractivity contribution < 1.29 is 23.0 Å². The van der Waals surface area contributed by atoms with Crippen molar-refractivity contribution in [2.75, 3.05) is 32.8 Å². The largest absolute Gasteiger partial charge is 0.491 e. The summed E-state index contributed by atoms with van der Waals surface area (Å²) >= 11 is 0. The first-order valence-electron chi connectivity index (χ1n) is 10.6. The number of benzene rings is 1. The van der Waals surface area contributed by atoms with Gasteiger partial charge in [0.15, 0.2) is 5.96 Å². The maximum atomic E-state index is 12.8. The van der Waals surface area contributed by atoms with Gasteiger partial charge in [0.05, 0.1) is 12.1 Å². The van der Waals surface area contributed by atoms with Crippen molar-refractivity contribution in [3.63, 3.8) is 0 Å². The van der Waals surface area contributed by atoms with E-state index in [-0.39, 0.29) is 18.9 Å². The molecule has 2 fully saturated rings. The maximum absolute atomic E-state index is 12.8. The molecular formula is C21H31F3N4O2. The minimum atomic E-state index is -4.43. The van der Waals surface area contributed by atoms with Gasteiger partial charge in [-0.2, -0.15) is 13.2 Å². The van der Waals surface area contributed by atoms with Gasteiger partial charge in [-0.3, -0.25) is 4.99 Å². The zero-order valence-electron chi connectivity index (χ0n) is 17.3. The molecule has 1 saturated carbocycles. The van der Waals surface area contributed by atoms with Crippen LogP contribution in [0.4, 0.5) is 13.2 Å². The van der Waals surface area contributed by atoms with Gasteiger partial charge in [-0.05, 0) is 50.8 Å². The second-order valence-corrected chi connectivity index (χ2v) is 7.90. The smallest absolute Gasteiger partial charge is 0.416 e. The highest BCUT2D eigenvalue weighted by Gasteiger charge is 2.32. The fourth-order valence-electron chi connectivity index (χ4n) is 3.57. The lowest BCUT2D eigenvalue weighted by molar-refractivity contribution is -0.137. The van der Waals surface area contributed by atoms with Gasteiger partial charge in [0.25, 0.3) is 0 Å². The number of alkyl halides is 3. The number of ether oxygens (including phenoxy) is 1. The van der Waals surface area contributed by atoms with Gasteiger partial charge in [0, 0.05) is 31.7 Å². The predicted octanol–water partition coefficient (Wildman–Crippen LogP) is 2.63. The van der Waals surface area contributed by atoms with Gasteiger partial charge in [-0.15, -0.1) is 0 Å². The number of hydrogen-bond acceptors (Lipinski definition) is 4. The van der Waals surface area contributed by atoms with E-state index < -0.39 is 17.8 Å². The molecule has 1 saturated heterocycles. The first kappa shape index (κ1) is 22.7. The Bertz CT molecular complexity index is 702. The third-order valence-corrected chi connectivity index (χ3v) is 5.34. The molecule has 6 nitrogen and oxygen atoms in total. The topological polar surface area (TPSA) is 69.1 Å².